The maximum absolute atomic E-state index is 13.1. The Morgan fingerprint density at radius 3 is 2.45 bits per heavy atom. The van der Waals surface area contributed by atoms with Gasteiger partial charge in [0, 0.05) is 42.1 Å². The quantitative estimate of drug-likeness (QED) is 0.125. The number of nitrogens with one attached hydrogen (secondary N) is 4. The van der Waals surface area contributed by atoms with E-state index in [4.69, 9.17) is 21.4 Å². The van der Waals surface area contributed by atoms with Crippen LogP contribution in [0.25, 0.3) is 15.9 Å². The molecule has 12 heteroatoms. The minimum atomic E-state index is -0.366. The van der Waals surface area contributed by atoms with Gasteiger partial charge in [-0.25, -0.2) is 19.3 Å². The predicted molar refractivity (Wildman–Crippen MR) is 177 cm³/mol. The molecule has 0 aliphatic rings. The summed E-state index contributed by atoms with van der Waals surface area (Å²) in [5.74, 6) is 2.11. The Morgan fingerprint density at radius 1 is 0.955 bits per heavy atom. The van der Waals surface area contributed by atoms with Gasteiger partial charge in [0.1, 0.15) is 17.3 Å². The molecule has 0 aliphatic heterocycles. The van der Waals surface area contributed by atoms with E-state index in [1.807, 2.05) is 79.7 Å². The second-order valence-corrected chi connectivity index (χ2v) is 12.6. The van der Waals surface area contributed by atoms with Crippen molar-refractivity contribution in [3.05, 3.63) is 89.6 Å². The molecular weight excluding hydrogens is 598 g/mol. The second kappa shape index (κ2) is 13.4. The van der Waals surface area contributed by atoms with Crippen LogP contribution in [0.4, 0.5) is 20.5 Å². The number of rotatable bonds is 9. The van der Waals surface area contributed by atoms with E-state index in [-0.39, 0.29) is 24.0 Å². The number of carbonyl (C=O) groups is 2. The molecule has 5 aromatic rings. The summed E-state index contributed by atoms with van der Waals surface area (Å²) < 4.78 is 8.82. The van der Waals surface area contributed by atoms with Crippen molar-refractivity contribution in [3.8, 4) is 17.2 Å². The molecule has 44 heavy (non-hydrogen) atoms. The topological polar surface area (TPSA) is 122 Å². The lowest BCUT2D eigenvalue weighted by atomic mass is 9.92. The molecule has 4 N–H and O–H groups in total. The van der Waals surface area contributed by atoms with Crippen LogP contribution < -0.4 is 26.0 Å². The van der Waals surface area contributed by atoms with Gasteiger partial charge in [0.15, 0.2) is 5.13 Å². The van der Waals surface area contributed by atoms with E-state index >= 15 is 0 Å². The Morgan fingerprint density at radius 2 is 1.70 bits per heavy atom. The van der Waals surface area contributed by atoms with E-state index in [0.29, 0.717) is 34.9 Å². The average molecular weight is 632 g/mol. The Bertz CT molecular complexity index is 1780. The fraction of sp³-hybridized carbons (Fsp3) is 0.250. The van der Waals surface area contributed by atoms with Crippen LogP contribution in [0.1, 0.15) is 37.6 Å². The number of aryl methyl sites for hydroxylation is 1. The van der Waals surface area contributed by atoms with Crippen LogP contribution in [0.5, 0.6) is 11.5 Å². The molecule has 0 bridgehead atoms. The average Bonchev–Trinajstić information content (AvgIpc) is 3.59. The number of urea groups is 2. The van der Waals surface area contributed by atoms with Gasteiger partial charge in [0.25, 0.3) is 0 Å². The third-order valence-electron chi connectivity index (χ3n) is 6.60. The van der Waals surface area contributed by atoms with Crippen LogP contribution in [-0.2, 0) is 12.0 Å². The highest BCUT2D eigenvalue weighted by molar-refractivity contribution is 7.22. The van der Waals surface area contributed by atoms with E-state index in [0.717, 1.165) is 32.7 Å². The van der Waals surface area contributed by atoms with Gasteiger partial charge in [-0.1, -0.05) is 68.0 Å². The smallest absolute Gasteiger partial charge is 0.321 e. The zero-order valence-electron chi connectivity index (χ0n) is 24.9. The highest BCUT2D eigenvalue weighted by atomic mass is 35.5. The largest absolute Gasteiger partial charge is 0.457 e. The third-order valence-corrected chi connectivity index (χ3v) is 7.72. The van der Waals surface area contributed by atoms with Crippen molar-refractivity contribution in [2.24, 2.45) is 0 Å². The third kappa shape index (κ3) is 7.66. The number of fused-ring (bicyclic) bond motifs is 1. The number of ether oxygens (including phenoxy) is 1. The van der Waals surface area contributed by atoms with E-state index in [2.05, 4.69) is 47.0 Å². The summed E-state index contributed by atoms with van der Waals surface area (Å²) in [5.41, 5.74) is 4.20. The van der Waals surface area contributed by atoms with Gasteiger partial charge in [-0.05, 0) is 37.3 Å². The molecule has 0 aliphatic carbocycles. The molecule has 4 amide bonds. The minimum Gasteiger partial charge on any atom is -0.457 e. The summed E-state index contributed by atoms with van der Waals surface area (Å²) in [5, 5.41) is 16.5. The van der Waals surface area contributed by atoms with Gasteiger partial charge in [-0.15, -0.1) is 11.6 Å². The van der Waals surface area contributed by atoms with Gasteiger partial charge in [0.05, 0.1) is 21.6 Å². The molecule has 5 rings (SSSR count). The molecule has 228 valence electrons. The predicted octanol–water partition coefficient (Wildman–Crippen LogP) is 7.56. The molecule has 0 spiro atoms. The maximum atomic E-state index is 13.1. The molecular formula is C32H34ClN7O3S. The highest BCUT2D eigenvalue weighted by Gasteiger charge is 2.21. The van der Waals surface area contributed by atoms with E-state index in [1.165, 1.54) is 11.3 Å². The Kier molecular flexibility index (Phi) is 9.36. The van der Waals surface area contributed by atoms with Crippen LogP contribution in [0.2, 0.25) is 0 Å². The fourth-order valence-corrected chi connectivity index (χ4v) is 5.24. The SMILES string of the molecule is Cc1ccc(-n2nc(C(C)(C)C)cc2NC(=O)NCc2ccccc2Oc2ccc3nc(NC(=O)NCCCl)sc3c2)cc1. The minimum absolute atomic E-state index is 0.196. The molecule has 0 atom stereocenters. The van der Waals surface area contributed by atoms with Crippen molar-refractivity contribution in [1.29, 1.82) is 0 Å². The lowest BCUT2D eigenvalue weighted by molar-refractivity contribution is 0.251. The first-order valence-electron chi connectivity index (χ1n) is 14.1. The summed E-state index contributed by atoms with van der Waals surface area (Å²) in [6.07, 6.45) is 0. The molecule has 0 unspecified atom stereocenters. The van der Waals surface area contributed by atoms with E-state index < -0.39 is 0 Å². The number of halogens is 1. The van der Waals surface area contributed by atoms with Gasteiger partial charge in [-0.2, -0.15) is 5.10 Å². The highest BCUT2D eigenvalue weighted by Crippen LogP contribution is 2.32. The number of thiazole rings is 1. The fourth-order valence-electron chi connectivity index (χ4n) is 4.26. The number of benzene rings is 3. The molecule has 2 aromatic heterocycles. The number of alkyl halides is 1. The number of para-hydroxylation sites is 1. The number of amides is 4. The summed E-state index contributed by atoms with van der Waals surface area (Å²) in [7, 11) is 0. The lowest BCUT2D eigenvalue weighted by Crippen LogP contribution is -2.30. The van der Waals surface area contributed by atoms with E-state index in [1.54, 1.807) is 4.68 Å². The van der Waals surface area contributed by atoms with Crippen LogP contribution in [0.15, 0.2) is 72.8 Å². The van der Waals surface area contributed by atoms with Crippen molar-refractivity contribution >= 4 is 56.2 Å². The standard InChI is InChI=1S/C32H34ClN7O3S/c1-20-9-11-22(12-10-20)40-28(18-27(39-40)32(2,3)4)37-30(42)35-19-21-7-5-6-8-25(21)43-23-13-14-24-26(17-23)44-31(36-24)38-29(41)34-16-15-33/h5-14,17-18H,15-16,19H2,1-4H3,(H2,35,37,42)(H2,34,36,38,41). The molecule has 0 radical (unpaired) electrons. The zero-order chi connectivity index (χ0) is 31.3. The number of anilines is 2. The van der Waals surface area contributed by atoms with Gasteiger partial charge < -0.3 is 15.4 Å². The maximum Gasteiger partial charge on any atom is 0.321 e. The molecule has 10 nitrogen and oxygen atoms in total. The summed E-state index contributed by atoms with van der Waals surface area (Å²) >= 11 is 6.96. The number of hydrogen-bond donors (Lipinski definition) is 4. The molecule has 0 saturated heterocycles. The molecule has 2 heterocycles. The normalized spacial score (nSPS) is 11.3. The number of carbonyl (C=O) groups excluding carboxylic acids is 2. The van der Waals surface area contributed by atoms with Crippen molar-refractivity contribution in [1.82, 2.24) is 25.4 Å². The second-order valence-electron chi connectivity index (χ2n) is 11.1. The van der Waals surface area contributed by atoms with Crippen LogP contribution in [0, 0.1) is 6.92 Å². The Balaban J connectivity index is 1.26. The molecule has 0 fully saturated rings. The van der Waals surface area contributed by atoms with Crippen molar-refractivity contribution in [2.45, 2.75) is 39.7 Å². The van der Waals surface area contributed by atoms with Crippen LogP contribution >= 0.6 is 22.9 Å². The lowest BCUT2D eigenvalue weighted by Gasteiger charge is -2.14. The number of aromatic nitrogens is 3. The first-order chi connectivity index (χ1) is 21.1. The Labute approximate surface area is 264 Å². The van der Waals surface area contributed by atoms with Gasteiger partial charge in [-0.3, -0.25) is 10.6 Å². The molecule has 0 saturated carbocycles. The van der Waals surface area contributed by atoms with Crippen molar-refractivity contribution in [3.63, 3.8) is 0 Å². The van der Waals surface area contributed by atoms with Crippen molar-refractivity contribution in [2.75, 3.05) is 23.1 Å². The van der Waals surface area contributed by atoms with Gasteiger partial charge in [0.2, 0.25) is 0 Å². The van der Waals surface area contributed by atoms with E-state index in [9.17, 15) is 9.59 Å². The number of nitrogens with zero attached hydrogens (tertiary/aromatic N) is 3. The summed E-state index contributed by atoms with van der Waals surface area (Å²) in [4.78, 5) is 29.5. The zero-order valence-corrected chi connectivity index (χ0v) is 26.5. The summed E-state index contributed by atoms with van der Waals surface area (Å²) in [6.45, 7) is 8.88. The Hall–Kier alpha value is -4.61. The first-order valence-corrected chi connectivity index (χ1v) is 15.4. The monoisotopic (exact) mass is 631 g/mol. The number of hydrogen-bond acceptors (Lipinski definition) is 6. The van der Waals surface area contributed by atoms with Crippen molar-refractivity contribution < 1.29 is 14.3 Å². The van der Waals surface area contributed by atoms with Crippen LogP contribution in [0.3, 0.4) is 0 Å². The van der Waals surface area contributed by atoms with Crippen LogP contribution in [-0.4, -0.2) is 39.3 Å². The van der Waals surface area contributed by atoms with Gasteiger partial charge >= 0.3 is 12.1 Å². The first kappa shape index (κ1) is 30.8. The molecule has 3 aromatic carbocycles. The summed E-state index contributed by atoms with van der Waals surface area (Å²) in [6, 6.07) is 22.2.